The van der Waals surface area contributed by atoms with Gasteiger partial charge in [-0.2, -0.15) is 0 Å². The molecule has 0 bridgehead atoms. The van der Waals surface area contributed by atoms with Crippen molar-refractivity contribution in [3.05, 3.63) is 71.3 Å². The van der Waals surface area contributed by atoms with Gasteiger partial charge in [0.2, 0.25) is 0 Å². The summed E-state index contributed by atoms with van der Waals surface area (Å²) in [5.41, 5.74) is -0.0259. The van der Waals surface area contributed by atoms with Crippen LogP contribution >= 0.6 is 0 Å². The zero-order valence-electron chi connectivity index (χ0n) is 24.6. The molecule has 222 valence electrons. The first-order valence-electron chi connectivity index (χ1n) is 14.3. The highest BCUT2D eigenvalue weighted by atomic mass is 16.6. The van der Waals surface area contributed by atoms with Crippen LogP contribution in [0.1, 0.15) is 86.6 Å². The molecular formula is C31H42N4O6. The van der Waals surface area contributed by atoms with Crippen molar-refractivity contribution in [2.45, 2.75) is 84.8 Å². The van der Waals surface area contributed by atoms with Crippen molar-refractivity contribution in [3.63, 3.8) is 0 Å². The van der Waals surface area contributed by atoms with Crippen LogP contribution in [-0.4, -0.2) is 65.0 Å². The molecule has 2 aromatic rings. The molecule has 0 fully saturated rings. The van der Waals surface area contributed by atoms with Crippen molar-refractivity contribution in [2.24, 2.45) is 0 Å². The molecule has 2 aromatic carbocycles. The molecule has 0 radical (unpaired) electrons. The van der Waals surface area contributed by atoms with E-state index in [0.29, 0.717) is 13.1 Å². The highest BCUT2D eigenvalue weighted by Gasteiger charge is 2.49. The van der Waals surface area contributed by atoms with Gasteiger partial charge in [-0.05, 0) is 51.3 Å². The Labute approximate surface area is 242 Å². The minimum absolute atomic E-state index is 0.188. The minimum Gasteiger partial charge on any atom is -0.430 e. The molecule has 3 unspecified atom stereocenters. The van der Waals surface area contributed by atoms with Crippen LogP contribution in [0.5, 0.6) is 0 Å². The second kappa shape index (κ2) is 14.6. The molecule has 1 heterocycles. The van der Waals surface area contributed by atoms with Crippen LogP contribution in [0.2, 0.25) is 0 Å². The topological polar surface area (TPSA) is 117 Å². The zero-order chi connectivity index (χ0) is 30.0. The Morgan fingerprint density at radius 3 is 1.90 bits per heavy atom. The summed E-state index contributed by atoms with van der Waals surface area (Å²) in [6.07, 6.45) is 0.259. The highest BCUT2D eigenvalue weighted by Crippen LogP contribution is 2.33. The summed E-state index contributed by atoms with van der Waals surface area (Å²) in [5.74, 6) is -0.950. The molecule has 1 aliphatic rings. The Balaban J connectivity index is 2.02. The van der Waals surface area contributed by atoms with Crippen LogP contribution in [0, 0.1) is 0 Å². The van der Waals surface area contributed by atoms with E-state index in [0.717, 1.165) is 36.1 Å². The average molecular weight is 567 g/mol. The lowest BCUT2D eigenvalue weighted by molar-refractivity contribution is -0.192. The number of fused-ring (bicyclic) bond motifs is 1. The molecule has 1 aliphatic heterocycles. The lowest BCUT2D eigenvalue weighted by Gasteiger charge is -2.47. The lowest BCUT2D eigenvalue weighted by Crippen LogP contribution is -2.64. The Bertz CT molecular complexity index is 1170. The number of unbranched alkanes of at least 4 members (excludes halogenated alkanes) is 2. The number of carbonyl (C=O) groups excluding carboxylic acids is 4. The largest absolute Gasteiger partial charge is 0.430 e. The first-order chi connectivity index (χ1) is 19.6. The number of alkyl carbamates (subject to hydrolysis) is 2. The van der Waals surface area contributed by atoms with Gasteiger partial charge in [-0.25, -0.2) is 14.5 Å². The third-order valence-electron chi connectivity index (χ3n) is 7.10. The Kier molecular flexibility index (Phi) is 11.3. The summed E-state index contributed by atoms with van der Waals surface area (Å²) in [4.78, 5) is 55.5. The Morgan fingerprint density at radius 1 is 0.854 bits per heavy atom. The van der Waals surface area contributed by atoms with Gasteiger partial charge in [-0.1, -0.05) is 69.2 Å². The summed E-state index contributed by atoms with van der Waals surface area (Å²) in [5, 5.41) is 5.51. The normalized spacial score (nSPS) is 15.6. The van der Waals surface area contributed by atoms with E-state index in [9.17, 15) is 19.2 Å². The second-order valence-corrected chi connectivity index (χ2v) is 10.4. The average Bonchev–Trinajstić information content (AvgIpc) is 3.19. The fourth-order valence-electron chi connectivity index (χ4n) is 5.13. The monoisotopic (exact) mass is 566 g/mol. The fourth-order valence-corrected chi connectivity index (χ4v) is 5.13. The van der Waals surface area contributed by atoms with E-state index in [4.69, 9.17) is 9.47 Å². The van der Waals surface area contributed by atoms with E-state index in [1.54, 1.807) is 49.9 Å². The molecule has 10 nitrogen and oxygen atoms in total. The standard InChI is InChI=1S/C31H42N4O6/c1-6-8-19-32-29(38)40-23(4)35(22(3)34-27(36)25-17-13-14-18-26(25)28(34)37)31(5,21-24-15-11-10-12-16-24)41-30(39)33-20-9-7-2/h10-18,22-23H,6-9,19-21H2,1-5H3,(H,32,38)(H,33,39). The van der Waals surface area contributed by atoms with Gasteiger partial charge >= 0.3 is 12.2 Å². The number of nitrogens with zero attached hydrogens (tertiary/aromatic N) is 2. The smallest absolute Gasteiger partial charge is 0.408 e. The molecule has 10 heteroatoms. The zero-order valence-corrected chi connectivity index (χ0v) is 24.6. The van der Waals surface area contributed by atoms with Crippen LogP contribution in [0.3, 0.4) is 0 Å². The van der Waals surface area contributed by atoms with E-state index in [2.05, 4.69) is 10.6 Å². The Morgan fingerprint density at radius 2 is 1.37 bits per heavy atom. The Hall–Kier alpha value is -3.92. The predicted molar refractivity (Wildman–Crippen MR) is 155 cm³/mol. The summed E-state index contributed by atoms with van der Waals surface area (Å²) >= 11 is 0. The van der Waals surface area contributed by atoms with Crippen molar-refractivity contribution in [3.8, 4) is 0 Å². The molecule has 41 heavy (non-hydrogen) atoms. The molecule has 0 saturated heterocycles. The molecular weight excluding hydrogens is 524 g/mol. The minimum atomic E-state index is -1.45. The first-order valence-corrected chi connectivity index (χ1v) is 14.3. The summed E-state index contributed by atoms with van der Waals surface area (Å²) in [6.45, 7) is 9.89. The van der Waals surface area contributed by atoms with Crippen LogP contribution in [0.4, 0.5) is 9.59 Å². The van der Waals surface area contributed by atoms with Gasteiger partial charge in [0.1, 0.15) is 0 Å². The van der Waals surface area contributed by atoms with Gasteiger partial charge < -0.3 is 20.1 Å². The first kappa shape index (κ1) is 31.6. The van der Waals surface area contributed by atoms with E-state index in [-0.39, 0.29) is 17.5 Å². The summed E-state index contributed by atoms with van der Waals surface area (Å²) in [6, 6.07) is 16.0. The molecule has 0 saturated carbocycles. The van der Waals surface area contributed by atoms with Gasteiger partial charge in [-0.15, -0.1) is 0 Å². The third kappa shape index (κ3) is 7.85. The molecule has 0 aliphatic carbocycles. The number of carbonyl (C=O) groups is 4. The summed E-state index contributed by atoms with van der Waals surface area (Å²) < 4.78 is 11.9. The summed E-state index contributed by atoms with van der Waals surface area (Å²) in [7, 11) is 0. The van der Waals surface area contributed by atoms with Crippen molar-refractivity contribution in [1.29, 1.82) is 0 Å². The third-order valence-corrected chi connectivity index (χ3v) is 7.10. The van der Waals surface area contributed by atoms with Gasteiger partial charge in [0, 0.05) is 19.5 Å². The maximum absolute atomic E-state index is 13.5. The van der Waals surface area contributed by atoms with Crippen molar-refractivity contribution >= 4 is 24.0 Å². The van der Waals surface area contributed by atoms with Gasteiger partial charge in [0.15, 0.2) is 12.0 Å². The van der Waals surface area contributed by atoms with Crippen molar-refractivity contribution in [2.75, 3.05) is 13.1 Å². The number of hydrogen-bond donors (Lipinski definition) is 2. The van der Waals surface area contributed by atoms with E-state index >= 15 is 0 Å². The number of ether oxygens (including phenoxy) is 2. The van der Waals surface area contributed by atoms with E-state index in [1.807, 2.05) is 44.2 Å². The van der Waals surface area contributed by atoms with Crippen molar-refractivity contribution < 1.29 is 28.7 Å². The van der Waals surface area contributed by atoms with Crippen LogP contribution in [-0.2, 0) is 15.9 Å². The van der Waals surface area contributed by atoms with Crippen molar-refractivity contribution in [1.82, 2.24) is 20.4 Å². The maximum atomic E-state index is 13.5. The predicted octanol–water partition coefficient (Wildman–Crippen LogP) is 5.29. The number of nitrogens with one attached hydrogen (secondary N) is 2. The highest BCUT2D eigenvalue weighted by molar-refractivity contribution is 6.21. The molecule has 2 N–H and O–H groups in total. The fraction of sp³-hybridized carbons (Fsp3) is 0.484. The molecule has 0 aromatic heterocycles. The van der Waals surface area contributed by atoms with Gasteiger partial charge in [0.25, 0.3) is 11.8 Å². The number of rotatable bonds is 14. The van der Waals surface area contributed by atoms with Crippen LogP contribution in [0.25, 0.3) is 0 Å². The molecule has 3 atom stereocenters. The number of amides is 4. The molecule has 3 rings (SSSR count). The van der Waals surface area contributed by atoms with Gasteiger partial charge in [0.05, 0.1) is 17.3 Å². The van der Waals surface area contributed by atoms with Crippen LogP contribution in [0.15, 0.2) is 54.6 Å². The lowest BCUT2D eigenvalue weighted by atomic mass is 10.0. The molecule has 0 spiro atoms. The number of benzene rings is 2. The van der Waals surface area contributed by atoms with Crippen LogP contribution < -0.4 is 10.6 Å². The number of hydrogen-bond acceptors (Lipinski definition) is 7. The maximum Gasteiger partial charge on any atom is 0.408 e. The molecule has 4 amide bonds. The quantitative estimate of drug-likeness (QED) is 0.181. The van der Waals surface area contributed by atoms with E-state index < -0.39 is 42.1 Å². The second-order valence-electron chi connectivity index (χ2n) is 10.4. The van der Waals surface area contributed by atoms with E-state index in [1.165, 1.54) is 0 Å². The van der Waals surface area contributed by atoms with Gasteiger partial charge in [-0.3, -0.25) is 14.5 Å². The SMILES string of the molecule is CCCCNC(=O)OC(C)N(C(C)N1C(=O)c2ccccc2C1=O)C(C)(Cc1ccccc1)OC(=O)NCCCC. The number of imide groups is 1.